The van der Waals surface area contributed by atoms with Gasteiger partial charge in [-0.25, -0.2) is 5.90 Å². The van der Waals surface area contributed by atoms with Gasteiger partial charge in [-0.15, -0.1) is 0 Å². The van der Waals surface area contributed by atoms with Crippen LogP contribution >= 0.6 is 23.2 Å². The van der Waals surface area contributed by atoms with Crippen LogP contribution < -0.4 is 11.2 Å². The number of rotatable bonds is 4. The maximum absolute atomic E-state index is 5.89. The highest BCUT2D eigenvalue weighted by Gasteiger charge is 1.99. The average Bonchev–Trinajstić information content (AvgIpc) is 2.09. The van der Waals surface area contributed by atoms with Gasteiger partial charge in [-0.3, -0.25) is 0 Å². The Morgan fingerprint density at radius 1 is 1.38 bits per heavy atom. The Bertz CT molecular complexity index is 281. The van der Waals surface area contributed by atoms with Crippen molar-refractivity contribution >= 4 is 28.9 Å². The zero-order valence-corrected chi connectivity index (χ0v) is 8.40. The Kier molecular flexibility index (Phi) is 4.32. The number of nitrogens with two attached hydrogens (primary N) is 1. The average molecular weight is 221 g/mol. The fourth-order valence-electron chi connectivity index (χ4n) is 0.877. The van der Waals surface area contributed by atoms with Gasteiger partial charge in [0.2, 0.25) is 0 Å². The van der Waals surface area contributed by atoms with E-state index in [1.807, 2.05) is 0 Å². The Hall–Kier alpha value is -0.480. The van der Waals surface area contributed by atoms with Gasteiger partial charge in [0.15, 0.2) is 0 Å². The lowest BCUT2D eigenvalue weighted by Gasteiger charge is -2.07. The molecule has 0 aliphatic heterocycles. The van der Waals surface area contributed by atoms with Crippen molar-refractivity contribution in [1.82, 2.24) is 0 Å². The van der Waals surface area contributed by atoms with E-state index in [2.05, 4.69) is 10.2 Å². The molecule has 13 heavy (non-hydrogen) atoms. The van der Waals surface area contributed by atoms with Gasteiger partial charge in [0.1, 0.15) is 0 Å². The monoisotopic (exact) mass is 220 g/mol. The molecule has 0 aromatic heterocycles. The topological polar surface area (TPSA) is 47.3 Å². The molecule has 0 aliphatic carbocycles. The summed E-state index contributed by atoms with van der Waals surface area (Å²) in [5.41, 5.74) is 0.822. The summed E-state index contributed by atoms with van der Waals surface area (Å²) < 4.78 is 0. The highest BCUT2D eigenvalue weighted by Crippen LogP contribution is 2.24. The number of benzene rings is 1. The molecule has 1 rings (SSSR count). The van der Waals surface area contributed by atoms with Crippen molar-refractivity contribution < 1.29 is 4.84 Å². The second-order valence-electron chi connectivity index (χ2n) is 2.42. The van der Waals surface area contributed by atoms with E-state index in [0.717, 1.165) is 5.69 Å². The van der Waals surface area contributed by atoms with E-state index >= 15 is 0 Å². The molecule has 0 bridgehead atoms. The molecule has 0 aliphatic rings. The molecule has 0 unspecified atom stereocenters. The largest absolute Gasteiger partial charge is 0.381 e. The number of hydrogen-bond acceptors (Lipinski definition) is 3. The summed E-state index contributed by atoms with van der Waals surface area (Å²) in [6.07, 6.45) is 0. The Labute approximate surface area is 86.7 Å². The van der Waals surface area contributed by atoms with Crippen LogP contribution in [0, 0.1) is 0 Å². The molecule has 0 heterocycles. The van der Waals surface area contributed by atoms with Gasteiger partial charge < -0.3 is 10.2 Å². The lowest BCUT2D eigenvalue weighted by atomic mass is 10.3. The molecule has 1 aromatic rings. The molecule has 0 saturated heterocycles. The third-order valence-electron chi connectivity index (χ3n) is 1.47. The number of halogens is 2. The van der Waals surface area contributed by atoms with E-state index in [1.165, 1.54) is 0 Å². The molecule has 3 N–H and O–H groups in total. The van der Waals surface area contributed by atoms with Gasteiger partial charge >= 0.3 is 0 Å². The first-order valence-electron chi connectivity index (χ1n) is 3.74. The quantitative estimate of drug-likeness (QED) is 0.605. The van der Waals surface area contributed by atoms with Crippen LogP contribution in [0.4, 0.5) is 5.69 Å². The molecule has 0 atom stereocenters. The van der Waals surface area contributed by atoms with Gasteiger partial charge in [0, 0.05) is 11.6 Å². The maximum atomic E-state index is 5.89. The third kappa shape index (κ3) is 3.40. The zero-order valence-electron chi connectivity index (χ0n) is 6.89. The van der Waals surface area contributed by atoms with E-state index < -0.39 is 0 Å². The van der Waals surface area contributed by atoms with E-state index in [0.29, 0.717) is 23.2 Å². The van der Waals surface area contributed by atoms with Gasteiger partial charge in [-0.05, 0) is 18.2 Å². The van der Waals surface area contributed by atoms with Crippen molar-refractivity contribution in [2.45, 2.75) is 0 Å². The summed E-state index contributed by atoms with van der Waals surface area (Å²) in [6.45, 7) is 1.04. The second-order valence-corrected chi connectivity index (χ2v) is 3.27. The van der Waals surface area contributed by atoms with Crippen molar-refractivity contribution in [3.63, 3.8) is 0 Å². The van der Waals surface area contributed by atoms with Crippen molar-refractivity contribution in [2.75, 3.05) is 18.5 Å². The number of hydrogen-bond donors (Lipinski definition) is 2. The van der Waals surface area contributed by atoms with Crippen LogP contribution in [0.3, 0.4) is 0 Å². The van der Waals surface area contributed by atoms with Gasteiger partial charge in [-0.2, -0.15) is 0 Å². The minimum Gasteiger partial charge on any atom is -0.381 e. The molecule has 0 saturated carbocycles. The summed E-state index contributed by atoms with van der Waals surface area (Å²) in [5.74, 6) is 4.86. The molecule has 0 amide bonds. The highest BCUT2D eigenvalue weighted by atomic mass is 35.5. The SMILES string of the molecule is NOCCNc1ccc(Cl)cc1Cl. The molecule has 72 valence electrons. The second kappa shape index (κ2) is 5.29. The molecule has 0 fully saturated rings. The predicted octanol–water partition coefficient (Wildman–Crippen LogP) is 2.30. The standard InChI is InChI=1S/C8H10Cl2N2O/c9-6-1-2-8(7(10)5-6)12-3-4-13-11/h1-2,5,12H,3-4,11H2. The Balaban J connectivity index is 2.56. The molecular weight excluding hydrogens is 211 g/mol. The van der Waals surface area contributed by atoms with Crippen molar-refractivity contribution in [3.8, 4) is 0 Å². The minimum absolute atomic E-state index is 0.430. The van der Waals surface area contributed by atoms with Crippen molar-refractivity contribution in [3.05, 3.63) is 28.2 Å². The highest BCUT2D eigenvalue weighted by molar-refractivity contribution is 6.36. The first-order valence-corrected chi connectivity index (χ1v) is 4.50. The first-order chi connectivity index (χ1) is 6.24. The summed E-state index contributed by atoms with van der Waals surface area (Å²) in [4.78, 5) is 4.40. The van der Waals surface area contributed by atoms with Crippen molar-refractivity contribution in [2.24, 2.45) is 5.90 Å². The third-order valence-corrected chi connectivity index (χ3v) is 2.01. The first kappa shape index (κ1) is 10.6. The summed E-state index contributed by atoms with van der Waals surface area (Å²) in [5, 5.41) is 4.25. The van der Waals surface area contributed by atoms with Crippen LogP contribution in [0.5, 0.6) is 0 Å². The van der Waals surface area contributed by atoms with Crippen molar-refractivity contribution in [1.29, 1.82) is 0 Å². The summed E-state index contributed by atoms with van der Waals surface area (Å²) >= 11 is 11.6. The van der Waals surface area contributed by atoms with Gasteiger partial charge in [0.25, 0.3) is 0 Å². The molecule has 0 radical (unpaired) electrons. The minimum atomic E-state index is 0.430. The molecule has 3 nitrogen and oxygen atoms in total. The lowest BCUT2D eigenvalue weighted by Crippen LogP contribution is -2.12. The lowest BCUT2D eigenvalue weighted by molar-refractivity contribution is 0.148. The summed E-state index contributed by atoms with van der Waals surface area (Å²) in [6, 6.07) is 5.25. The predicted molar refractivity (Wildman–Crippen MR) is 55.1 cm³/mol. The van der Waals surface area contributed by atoms with E-state index in [4.69, 9.17) is 29.1 Å². The van der Waals surface area contributed by atoms with Gasteiger partial charge in [-0.1, -0.05) is 23.2 Å². The molecule has 0 spiro atoms. The van der Waals surface area contributed by atoms with Crippen LogP contribution in [0.25, 0.3) is 0 Å². The van der Waals surface area contributed by atoms with Crippen LogP contribution in [0.2, 0.25) is 10.0 Å². The van der Waals surface area contributed by atoms with Crippen LogP contribution in [-0.2, 0) is 4.84 Å². The van der Waals surface area contributed by atoms with E-state index in [1.54, 1.807) is 18.2 Å². The Morgan fingerprint density at radius 3 is 2.77 bits per heavy atom. The van der Waals surface area contributed by atoms with E-state index in [9.17, 15) is 0 Å². The zero-order chi connectivity index (χ0) is 9.68. The van der Waals surface area contributed by atoms with Crippen LogP contribution in [0.15, 0.2) is 18.2 Å². The molecule has 1 aromatic carbocycles. The number of nitrogens with one attached hydrogen (secondary N) is 1. The number of anilines is 1. The smallest absolute Gasteiger partial charge is 0.0851 e. The molecular formula is C8H10Cl2N2O. The maximum Gasteiger partial charge on any atom is 0.0851 e. The molecule has 5 heteroatoms. The fourth-order valence-corrected chi connectivity index (χ4v) is 1.35. The van der Waals surface area contributed by atoms with Crippen LogP contribution in [0.1, 0.15) is 0 Å². The van der Waals surface area contributed by atoms with Crippen LogP contribution in [-0.4, -0.2) is 13.2 Å². The Morgan fingerprint density at radius 2 is 2.15 bits per heavy atom. The van der Waals surface area contributed by atoms with Gasteiger partial charge in [0.05, 0.1) is 17.3 Å². The van der Waals surface area contributed by atoms with E-state index in [-0.39, 0.29) is 0 Å². The normalized spacial score (nSPS) is 10.1. The summed E-state index contributed by atoms with van der Waals surface area (Å²) in [7, 11) is 0. The fraction of sp³-hybridized carbons (Fsp3) is 0.250.